The van der Waals surface area contributed by atoms with E-state index in [1.165, 1.54) is 34.6 Å². The molecule has 0 unspecified atom stereocenters. The van der Waals surface area contributed by atoms with E-state index in [0.717, 1.165) is 19.3 Å². The fraction of sp³-hybridized carbons (Fsp3) is 0.368. The second kappa shape index (κ2) is 9.84. The second-order valence-electron chi connectivity index (χ2n) is 6.76. The van der Waals surface area contributed by atoms with E-state index in [4.69, 9.17) is 27.9 Å². The maximum atomic E-state index is 12.6. The van der Waals surface area contributed by atoms with Gasteiger partial charge >= 0.3 is 0 Å². The van der Waals surface area contributed by atoms with E-state index in [-0.39, 0.29) is 33.0 Å². The summed E-state index contributed by atoms with van der Waals surface area (Å²) < 4.78 is 59.4. The average Bonchev–Trinajstić information content (AvgIpc) is 2.74. The highest BCUT2D eigenvalue weighted by atomic mass is 35.5. The van der Waals surface area contributed by atoms with Gasteiger partial charge in [0.25, 0.3) is 0 Å². The van der Waals surface area contributed by atoms with Gasteiger partial charge in [-0.1, -0.05) is 29.6 Å². The number of hydrogen-bond acceptors (Lipinski definition) is 5. The van der Waals surface area contributed by atoms with Crippen LogP contribution in [0.15, 0.2) is 52.3 Å². The predicted molar refractivity (Wildman–Crippen MR) is 116 cm³/mol. The highest BCUT2D eigenvalue weighted by Crippen LogP contribution is 2.25. The first-order valence-electron chi connectivity index (χ1n) is 9.38. The van der Waals surface area contributed by atoms with Gasteiger partial charge < -0.3 is 4.74 Å². The molecule has 7 nitrogen and oxygen atoms in total. The summed E-state index contributed by atoms with van der Waals surface area (Å²) in [5.41, 5.74) is 0. The van der Waals surface area contributed by atoms with Crippen LogP contribution in [0.25, 0.3) is 0 Å². The number of piperidine rings is 1. The zero-order valence-electron chi connectivity index (χ0n) is 16.1. The molecule has 1 aliphatic rings. The number of nitrogens with one attached hydrogen (secondary N) is 1. The van der Waals surface area contributed by atoms with Crippen molar-refractivity contribution in [2.45, 2.75) is 29.1 Å². The normalized spacial score (nSPS) is 15.8. The molecule has 30 heavy (non-hydrogen) atoms. The van der Waals surface area contributed by atoms with Crippen LogP contribution in [-0.2, 0) is 20.0 Å². The van der Waals surface area contributed by atoms with Crippen molar-refractivity contribution in [1.82, 2.24) is 9.03 Å². The number of nitrogens with zero attached hydrogens (tertiary/aromatic N) is 1. The molecular weight excluding hydrogens is 471 g/mol. The lowest BCUT2D eigenvalue weighted by Gasteiger charge is -2.25. The van der Waals surface area contributed by atoms with E-state index in [1.807, 2.05) is 0 Å². The average molecular weight is 493 g/mol. The number of halogens is 2. The minimum atomic E-state index is -3.84. The summed E-state index contributed by atoms with van der Waals surface area (Å²) in [6.07, 6.45) is 2.79. The summed E-state index contributed by atoms with van der Waals surface area (Å²) >= 11 is 11.8. The molecule has 2 aromatic carbocycles. The maximum Gasteiger partial charge on any atom is 0.243 e. The summed E-state index contributed by atoms with van der Waals surface area (Å²) in [5, 5.41) is 0.328. The molecule has 1 fully saturated rings. The van der Waals surface area contributed by atoms with Crippen LogP contribution in [0.5, 0.6) is 5.75 Å². The second-order valence-corrected chi connectivity index (χ2v) is 11.3. The van der Waals surface area contributed by atoms with Crippen LogP contribution in [-0.4, -0.2) is 47.4 Å². The smallest absolute Gasteiger partial charge is 0.243 e. The monoisotopic (exact) mass is 492 g/mol. The van der Waals surface area contributed by atoms with E-state index in [0.29, 0.717) is 18.8 Å². The summed E-state index contributed by atoms with van der Waals surface area (Å²) in [5.74, 6) is 0.438. The van der Waals surface area contributed by atoms with Gasteiger partial charge in [-0.05, 0) is 55.3 Å². The van der Waals surface area contributed by atoms with Crippen molar-refractivity contribution in [3.05, 3.63) is 52.5 Å². The van der Waals surface area contributed by atoms with Crippen LogP contribution in [0.1, 0.15) is 19.3 Å². The number of ether oxygens (including phenoxy) is 1. The van der Waals surface area contributed by atoms with Gasteiger partial charge in [0, 0.05) is 24.7 Å². The van der Waals surface area contributed by atoms with E-state index < -0.39 is 20.0 Å². The van der Waals surface area contributed by atoms with E-state index in [9.17, 15) is 16.8 Å². The summed E-state index contributed by atoms with van der Waals surface area (Å²) in [6, 6.07) is 10.3. The number of hydrogen-bond donors (Lipinski definition) is 1. The van der Waals surface area contributed by atoms with Crippen molar-refractivity contribution in [2.24, 2.45) is 0 Å². The summed E-state index contributed by atoms with van der Waals surface area (Å²) in [4.78, 5) is 0.108. The molecule has 0 aromatic heterocycles. The van der Waals surface area contributed by atoms with Gasteiger partial charge in [-0.15, -0.1) is 0 Å². The topological polar surface area (TPSA) is 92.8 Å². The van der Waals surface area contributed by atoms with Crippen LogP contribution >= 0.6 is 23.2 Å². The van der Waals surface area contributed by atoms with E-state index in [2.05, 4.69) is 4.72 Å². The Morgan fingerprint density at radius 1 is 0.933 bits per heavy atom. The van der Waals surface area contributed by atoms with Gasteiger partial charge in [-0.3, -0.25) is 0 Å². The minimum absolute atomic E-state index is 0.000989. The fourth-order valence-electron chi connectivity index (χ4n) is 3.07. The Bertz CT molecular complexity index is 1080. The molecule has 0 amide bonds. The van der Waals surface area contributed by atoms with Gasteiger partial charge in [0.15, 0.2) is 0 Å². The van der Waals surface area contributed by atoms with Gasteiger partial charge in [0.1, 0.15) is 17.3 Å². The van der Waals surface area contributed by atoms with Crippen LogP contribution in [0.2, 0.25) is 10.0 Å². The standard InChI is InChI=1S/C19H22Cl2N2O5S2/c20-15-4-9-18(21)19(14-15)29(24,25)22-10-13-28-16-5-7-17(8-6-16)30(26,27)23-11-2-1-3-12-23/h4-9,14,22H,1-3,10-13H2. The van der Waals surface area contributed by atoms with Crippen LogP contribution in [0, 0.1) is 0 Å². The highest BCUT2D eigenvalue weighted by molar-refractivity contribution is 7.89. The lowest BCUT2D eigenvalue weighted by atomic mass is 10.2. The molecule has 0 atom stereocenters. The highest BCUT2D eigenvalue weighted by Gasteiger charge is 2.25. The van der Waals surface area contributed by atoms with E-state index in [1.54, 1.807) is 12.1 Å². The molecule has 0 spiro atoms. The van der Waals surface area contributed by atoms with Gasteiger partial charge in [0.2, 0.25) is 20.0 Å². The molecule has 1 saturated heterocycles. The fourth-order valence-corrected chi connectivity index (χ4v) is 6.36. The Balaban J connectivity index is 1.55. The van der Waals surface area contributed by atoms with Gasteiger partial charge in [-0.25, -0.2) is 21.6 Å². The quantitative estimate of drug-likeness (QED) is 0.568. The third kappa shape index (κ3) is 5.66. The minimum Gasteiger partial charge on any atom is -0.492 e. The first kappa shape index (κ1) is 23.3. The molecule has 1 N–H and O–H groups in total. The zero-order valence-corrected chi connectivity index (χ0v) is 19.2. The Morgan fingerprint density at radius 2 is 1.60 bits per heavy atom. The zero-order chi connectivity index (χ0) is 21.8. The molecule has 11 heteroatoms. The van der Waals surface area contributed by atoms with Gasteiger partial charge in [0.05, 0.1) is 9.92 Å². The van der Waals surface area contributed by atoms with Crippen molar-refractivity contribution in [3.8, 4) is 5.75 Å². The largest absolute Gasteiger partial charge is 0.492 e. The molecule has 3 rings (SSSR count). The SMILES string of the molecule is O=S(=O)(NCCOc1ccc(S(=O)(=O)N2CCCCC2)cc1)c1cc(Cl)ccc1Cl. The van der Waals surface area contributed by atoms with Crippen LogP contribution < -0.4 is 9.46 Å². The van der Waals surface area contributed by atoms with Crippen LogP contribution in [0.4, 0.5) is 0 Å². The lowest BCUT2D eigenvalue weighted by Crippen LogP contribution is -2.35. The molecule has 164 valence electrons. The Hall–Kier alpha value is -1.36. The molecule has 1 heterocycles. The molecule has 0 aliphatic carbocycles. The third-order valence-corrected chi connectivity index (χ3v) is 8.71. The van der Waals surface area contributed by atoms with Crippen LogP contribution in [0.3, 0.4) is 0 Å². The summed E-state index contributed by atoms with van der Waals surface area (Å²) in [6.45, 7) is 1.13. The number of rotatable bonds is 8. The van der Waals surface area contributed by atoms with Crippen molar-refractivity contribution in [3.63, 3.8) is 0 Å². The molecule has 1 aliphatic heterocycles. The van der Waals surface area contributed by atoms with Crippen molar-refractivity contribution >= 4 is 43.2 Å². The first-order chi connectivity index (χ1) is 14.2. The number of benzene rings is 2. The summed E-state index contributed by atoms with van der Waals surface area (Å²) in [7, 11) is -7.34. The van der Waals surface area contributed by atoms with E-state index >= 15 is 0 Å². The lowest BCUT2D eigenvalue weighted by molar-refractivity contribution is 0.322. The Labute approximate surface area is 187 Å². The Kier molecular flexibility index (Phi) is 7.65. The third-order valence-electron chi connectivity index (χ3n) is 4.62. The molecular formula is C19H22Cl2N2O5S2. The van der Waals surface area contributed by atoms with Crippen molar-refractivity contribution < 1.29 is 21.6 Å². The van der Waals surface area contributed by atoms with Gasteiger partial charge in [-0.2, -0.15) is 4.31 Å². The Morgan fingerprint density at radius 3 is 2.27 bits per heavy atom. The molecule has 2 aromatic rings. The maximum absolute atomic E-state index is 12.6. The first-order valence-corrected chi connectivity index (χ1v) is 13.1. The molecule has 0 radical (unpaired) electrons. The van der Waals surface area contributed by atoms with Crippen molar-refractivity contribution in [1.29, 1.82) is 0 Å². The molecule has 0 bridgehead atoms. The number of sulfonamides is 2. The molecule has 0 saturated carbocycles. The van der Waals surface area contributed by atoms with Crippen molar-refractivity contribution in [2.75, 3.05) is 26.2 Å². The predicted octanol–water partition coefficient (Wildman–Crippen LogP) is 3.53.